The van der Waals surface area contributed by atoms with Gasteiger partial charge in [-0.15, -0.1) is 0 Å². The van der Waals surface area contributed by atoms with Crippen LogP contribution in [0.15, 0.2) is 152 Å². The maximum Gasteiger partial charge on any atom is 0.0543 e. The molecule has 1 heteroatoms. The lowest BCUT2D eigenvalue weighted by Gasteiger charge is -2.53. The van der Waals surface area contributed by atoms with Crippen LogP contribution >= 0.6 is 0 Å². The van der Waals surface area contributed by atoms with Crippen LogP contribution in [0.5, 0.6) is 0 Å². The third-order valence-corrected chi connectivity index (χ3v) is 17.6. The molecule has 288 valence electrons. The Bertz CT molecular complexity index is 2850. The van der Waals surface area contributed by atoms with Gasteiger partial charge in [-0.3, -0.25) is 0 Å². The predicted octanol–water partition coefficient (Wildman–Crippen LogP) is 15.2. The molecule has 6 fully saturated rings. The monoisotopic (exact) mass is 761 g/mol. The fraction of sp³-hybridized carbons (Fsp3) is 0.310. The zero-order chi connectivity index (χ0) is 38.5. The van der Waals surface area contributed by atoms with E-state index in [9.17, 15) is 0 Å². The second-order valence-corrected chi connectivity index (χ2v) is 20.0. The van der Waals surface area contributed by atoms with Crippen LogP contribution in [0.25, 0.3) is 44.2 Å². The Hall–Kier alpha value is -5.40. The summed E-state index contributed by atoms with van der Waals surface area (Å²) in [5, 5.41) is 2.60. The molecule has 0 radical (unpaired) electrons. The van der Waals surface area contributed by atoms with Crippen molar-refractivity contribution < 1.29 is 0 Å². The van der Waals surface area contributed by atoms with Crippen molar-refractivity contribution in [3.63, 3.8) is 0 Å². The van der Waals surface area contributed by atoms with Crippen LogP contribution in [0.3, 0.4) is 0 Å². The van der Waals surface area contributed by atoms with E-state index in [1.807, 2.05) is 0 Å². The van der Waals surface area contributed by atoms with Crippen molar-refractivity contribution in [2.75, 3.05) is 4.90 Å². The lowest BCUT2D eigenvalue weighted by molar-refractivity contribution is 0.0618. The maximum atomic E-state index is 2.68. The first kappa shape index (κ1) is 33.4. The third-order valence-electron chi connectivity index (χ3n) is 17.6. The molecule has 8 atom stereocenters. The first-order valence-corrected chi connectivity index (χ1v) is 23.0. The van der Waals surface area contributed by atoms with Crippen LogP contribution < -0.4 is 4.90 Å². The Labute approximate surface area is 349 Å². The molecule has 7 aromatic carbocycles. The smallest absolute Gasteiger partial charge is 0.0543 e. The zero-order valence-electron chi connectivity index (χ0n) is 33.9. The van der Waals surface area contributed by atoms with Crippen molar-refractivity contribution >= 4 is 27.8 Å². The van der Waals surface area contributed by atoms with Crippen molar-refractivity contribution in [2.24, 2.45) is 35.5 Å². The van der Waals surface area contributed by atoms with E-state index in [1.165, 1.54) is 125 Å². The fourth-order valence-corrected chi connectivity index (χ4v) is 15.7. The van der Waals surface area contributed by atoms with E-state index < -0.39 is 0 Å². The Balaban J connectivity index is 0.996. The Morgan fingerprint density at radius 2 is 1.08 bits per heavy atom. The van der Waals surface area contributed by atoms with Crippen LogP contribution in [0.2, 0.25) is 0 Å². The van der Waals surface area contributed by atoms with Crippen molar-refractivity contribution in [1.82, 2.24) is 0 Å². The van der Waals surface area contributed by atoms with E-state index in [4.69, 9.17) is 0 Å². The number of hydrogen-bond donors (Lipinski definition) is 0. The topological polar surface area (TPSA) is 3.24 Å². The first-order valence-electron chi connectivity index (χ1n) is 23.0. The van der Waals surface area contributed by atoms with Crippen LogP contribution in [-0.4, -0.2) is 0 Å². The number of nitrogens with zero attached hydrogens (tertiary/aromatic N) is 1. The Morgan fingerprint density at radius 3 is 1.97 bits per heavy atom. The van der Waals surface area contributed by atoms with E-state index >= 15 is 0 Å². The summed E-state index contributed by atoms with van der Waals surface area (Å²) < 4.78 is 0. The summed E-state index contributed by atoms with van der Waals surface area (Å²) >= 11 is 0. The van der Waals surface area contributed by atoms with E-state index in [2.05, 4.69) is 157 Å². The highest BCUT2D eigenvalue weighted by atomic mass is 15.1. The second-order valence-electron chi connectivity index (χ2n) is 20.0. The summed E-state index contributed by atoms with van der Waals surface area (Å²) in [4.78, 5) is 2.68. The van der Waals surface area contributed by atoms with Crippen molar-refractivity contribution in [2.45, 2.75) is 75.0 Å². The van der Waals surface area contributed by atoms with Crippen LogP contribution in [-0.2, 0) is 10.8 Å². The molecule has 0 aliphatic heterocycles. The lowest BCUT2D eigenvalue weighted by Crippen LogP contribution is -2.48. The molecule has 2 spiro atoms. The molecule has 0 aromatic heterocycles. The highest BCUT2D eigenvalue weighted by Gasteiger charge is 2.60. The molecule has 8 unspecified atom stereocenters. The summed E-state index contributed by atoms with van der Waals surface area (Å²) in [6.45, 7) is 0. The molecule has 6 bridgehead atoms. The quantitative estimate of drug-likeness (QED) is 0.173. The molecular formula is C58H51N. The third kappa shape index (κ3) is 4.37. The molecule has 8 aliphatic rings. The van der Waals surface area contributed by atoms with Gasteiger partial charge in [-0.25, -0.2) is 0 Å². The van der Waals surface area contributed by atoms with Gasteiger partial charge in [0.2, 0.25) is 0 Å². The minimum absolute atomic E-state index is 0.115. The number of hydrogen-bond acceptors (Lipinski definition) is 1. The van der Waals surface area contributed by atoms with Crippen LogP contribution in [0, 0.1) is 35.5 Å². The average molecular weight is 762 g/mol. The van der Waals surface area contributed by atoms with Gasteiger partial charge < -0.3 is 4.90 Å². The molecule has 0 amide bonds. The minimum atomic E-state index is 0.115. The highest BCUT2D eigenvalue weighted by molar-refractivity contribution is 5.99. The number of benzene rings is 7. The van der Waals surface area contributed by atoms with Gasteiger partial charge in [0.1, 0.15) is 0 Å². The molecular weight excluding hydrogens is 711 g/mol. The summed E-state index contributed by atoms with van der Waals surface area (Å²) in [5.41, 5.74) is 19.0. The normalized spacial score (nSPS) is 29.8. The first-order chi connectivity index (χ1) is 29.2. The lowest BCUT2D eigenvalue weighted by atomic mass is 9.51. The van der Waals surface area contributed by atoms with Crippen molar-refractivity contribution in [3.05, 3.63) is 174 Å². The highest BCUT2D eigenvalue weighted by Crippen LogP contribution is 2.70. The number of fused-ring (bicyclic) bond motifs is 13. The molecule has 8 aliphatic carbocycles. The van der Waals surface area contributed by atoms with Gasteiger partial charge in [0.25, 0.3) is 0 Å². The molecule has 0 N–H and O–H groups in total. The Kier molecular flexibility index (Phi) is 6.85. The zero-order valence-corrected chi connectivity index (χ0v) is 33.9. The van der Waals surface area contributed by atoms with Gasteiger partial charge in [-0.2, -0.15) is 0 Å². The van der Waals surface area contributed by atoms with Crippen LogP contribution in [0.1, 0.15) is 86.5 Å². The SMILES string of the molecule is c1ccc2c(c1)-c1ccc(N(c3ccc(-c4cccc5ccccc45)cc3)c3cccc4c3-c3ccccc3C43C4CCC5CC(C4)CC3C5)cc1C21CC2CCC1C2. The molecule has 0 saturated heterocycles. The summed E-state index contributed by atoms with van der Waals surface area (Å²) in [7, 11) is 0. The van der Waals surface area contributed by atoms with Gasteiger partial charge in [-0.05, 0) is 178 Å². The van der Waals surface area contributed by atoms with E-state index in [-0.39, 0.29) is 10.8 Å². The Morgan fingerprint density at radius 1 is 0.424 bits per heavy atom. The fourth-order valence-electron chi connectivity index (χ4n) is 15.7. The van der Waals surface area contributed by atoms with Gasteiger partial charge in [0.05, 0.1) is 5.69 Å². The van der Waals surface area contributed by atoms with E-state index in [0.717, 1.165) is 35.5 Å². The molecule has 15 rings (SSSR count). The van der Waals surface area contributed by atoms with Gasteiger partial charge >= 0.3 is 0 Å². The number of anilines is 3. The summed E-state index contributed by atoms with van der Waals surface area (Å²) in [6.07, 6.45) is 13.9. The van der Waals surface area contributed by atoms with Gasteiger partial charge in [-0.1, -0.05) is 134 Å². The van der Waals surface area contributed by atoms with Crippen molar-refractivity contribution in [1.29, 1.82) is 0 Å². The summed E-state index contributed by atoms with van der Waals surface area (Å²) in [6, 6.07) is 59.4. The van der Waals surface area contributed by atoms with Crippen molar-refractivity contribution in [3.8, 4) is 33.4 Å². The minimum Gasteiger partial charge on any atom is -0.310 e. The molecule has 7 aromatic rings. The van der Waals surface area contributed by atoms with E-state index in [0.29, 0.717) is 0 Å². The summed E-state index contributed by atoms with van der Waals surface area (Å²) in [5.74, 6) is 4.85. The maximum absolute atomic E-state index is 2.68. The number of rotatable bonds is 4. The average Bonchev–Trinajstić information content (AvgIpc) is 4.01. The predicted molar refractivity (Wildman–Crippen MR) is 244 cm³/mol. The molecule has 1 nitrogen and oxygen atoms in total. The standard InChI is InChI=1S/C58H51N/c1-2-11-46-39(9-1)10-7-14-47(46)40-21-25-44(26-22-40)59(45-27-28-49-48-12-3-5-15-51(48)57(54(49)34-45)35-37-20-23-41(57)31-37)55-18-8-17-53-56(55)50-13-4-6-16-52(50)58(53)42-24-19-36-29-38(32-42)33-43(58)30-36/h1-18,21-22,25-28,34,36-38,41-43H,19-20,23-24,29-33,35H2. The molecule has 59 heavy (non-hydrogen) atoms. The van der Waals surface area contributed by atoms with Gasteiger partial charge in [0.15, 0.2) is 0 Å². The molecule has 6 saturated carbocycles. The van der Waals surface area contributed by atoms with Gasteiger partial charge in [0, 0.05) is 27.8 Å². The van der Waals surface area contributed by atoms with Crippen LogP contribution in [0.4, 0.5) is 17.1 Å². The second kappa shape index (κ2) is 12.1. The molecule has 0 heterocycles. The van der Waals surface area contributed by atoms with E-state index in [1.54, 1.807) is 22.3 Å². The largest absolute Gasteiger partial charge is 0.310 e.